The molecule has 3 rings (SSSR count). The molecule has 86 valence electrons. The zero-order valence-corrected chi connectivity index (χ0v) is 10.1. The van der Waals surface area contributed by atoms with Crippen molar-refractivity contribution < 1.29 is 0 Å². The lowest BCUT2D eigenvalue weighted by Crippen LogP contribution is -2.19. The van der Waals surface area contributed by atoms with E-state index in [1.807, 2.05) is 0 Å². The van der Waals surface area contributed by atoms with E-state index in [9.17, 15) is 0 Å². The topological polar surface area (TPSA) is 12.0 Å². The molecule has 0 aromatic heterocycles. The fraction of sp³-hybridized carbons (Fsp3) is 0.600. The van der Waals surface area contributed by atoms with Crippen molar-refractivity contribution in [3.63, 3.8) is 0 Å². The highest BCUT2D eigenvalue weighted by Gasteiger charge is 2.32. The van der Waals surface area contributed by atoms with Crippen LogP contribution in [0.2, 0.25) is 0 Å². The first-order valence-corrected chi connectivity index (χ1v) is 6.72. The Balaban J connectivity index is 1.92. The lowest BCUT2D eigenvalue weighted by molar-refractivity contribution is 0.447. The van der Waals surface area contributed by atoms with Crippen LogP contribution >= 0.6 is 0 Å². The van der Waals surface area contributed by atoms with Crippen LogP contribution in [0.5, 0.6) is 0 Å². The maximum absolute atomic E-state index is 3.70. The van der Waals surface area contributed by atoms with Gasteiger partial charge in [0.05, 0.1) is 0 Å². The van der Waals surface area contributed by atoms with Crippen LogP contribution in [-0.4, -0.2) is 6.54 Å². The second kappa shape index (κ2) is 4.21. The van der Waals surface area contributed by atoms with Crippen molar-refractivity contribution in [1.29, 1.82) is 0 Å². The van der Waals surface area contributed by atoms with Crippen LogP contribution in [0.4, 0.5) is 0 Å². The summed E-state index contributed by atoms with van der Waals surface area (Å²) in [5, 5.41) is 3.70. The summed E-state index contributed by atoms with van der Waals surface area (Å²) in [6.45, 7) is 3.52. The van der Waals surface area contributed by atoms with Crippen LogP contribution in [0.15, 0.2) is 24.3 Å². The Morgan fingerprint density at radius 1 is 1.12 bits per heavy atom. The molecule has 0 bridgehead atoms. The molecule has 1 aliphatic carbocycles. The number of nitrogens with one attached hydrogen (secondary N) is 1. The van der Waals surface area contributed by atoms with Crippen molar-refractivity contribution in [2.24, 2.45) is 5.92 Å². The third kappa shape index (κ3) is 1.78. The smallest absolute Gasteiger partial charge is 0.0351 e. The Bertz CT molecular complexity index is 367. The second-order valence-corrected chi connectivity index (χ2v) is 5.29. The lowest BCUT2D eigenvalue weighted by atomic mass is 9.88. The van der Waals surface area contributed by atoms with E-state index in [-0.39, 0.29) is 0 Å². The van der Waals surface area contributed by atoms with Gasteiger partial charge in [-0.1, -0.05) is 37.6 Å². The van der Waals surface area contributed by atoms with Crippen molar-refractivity contribution in [3.8, 4) is 0 Å². The molecule has 1 heteroatoms. The van der Waals surface area contributed by atoms with Gasteiger partial charge in [0.2, 0.25) is 0 Å². The molecule has 0 amide bonds. The minimum absolute atomic E-state index is 0.627. The van der Waals surface area contributed by atoms with E-state index < -0.39 is 0 Å². The zero-order chi connectivity index (χ0) is 11.0. The van der Waals surface area contributed by atoms with Crippen molar-refractivity contribution >= 4 is 0 Å². The summed E-state index contributed by atoms with van der Waals surface area (Å²) in [5.41, 5.74) is 3.22. The van der Waals surface area contributed by atoms with E-state index >= 15 is 0 Å². The van der Waals surface area contributed by atoms with Crippen molar-refractivity contribution in [2.75, 3.05) is 6.54 Å². The van der Waals surface area contributed by atoms with Gasteiger partial charge < -0.3 is 5.32 Å². The first kappa shape index (κ1) is 10.3. The van der Waals surface area contributed by atoms with Gasteiger partial charge in [-0.2, -0.15) is 0 Å². The molecule has 2 atom stereocenters. The molecule has 1 heterocycles. The van der Waals surface area contributed by atoms with Gasteiger partial charge in [0.1, 0.15) is 0 Å². The SMILES string of the molecule is CCC1CCNC1c1ccccc1C1CC1. The number of hydrogen-bond acceptors (Lipinski definition) is 1. The first-order valence-electron chi connectivity index (χ1n) is 6.72. The van der Waals surface area contributed by atoms with Gasteiger partial charge >= 0.3 is 0 Å². The number of benzene rings is 1. The molecular weight excluding hydrogens is 194 g/mol. The summed E-state index contributed by atoms with van der Waals surface area (Å²) < 4.78 is 0. The third-order valence-electron chi connectivity index (χ3n) is 4.22. The molecule has 2 aliphatic rings. The average Bonchev–Trinajstić information content (AvgIpc) is 3.07. The maximum atomic E-state index is 3.70. The molecule has 1 saturated heterocycles. The summed E-state index contributed by atoms with van der Waals surface area (Å²) in [4.78, 5) is 0. The van der Waals surface area contributed by atoms with Gasteiger partial charge in [0.25, 0.3) is 0 Å². The summed E-state index contributed by atoms with van der Waals surface area (Å²) >= 11 is 0. The Morgan fingerprint density at radius 2 is 1.88 bits per heavy atom. The average molecular weight is 215 g/mol. The predicted octanol–water partition coefficient (Wildman–Crippen LogP) is 3.62. The van der Waals surface area contributed by atoms with Crippen LogP contribution in [-0.2, 0) is 0 Å². The maximum Gasteiger partial charge on any atom is 0.0351 e. The molecule has 1 aromatic rings. The normalized spacial score (nSPS) is 29.6. The molecule has 1 aliphatic heterocycles. The summed E-state index contributed by atoms with van der Waals surface area (Å²) in [6, 6.07) is 9.72. The standard InChI is InChI=1S/C15H21N/c1-2-11-9-10-16-15(11)14-6-4-3-5-13(14)12-7-8-12/h3-6,11-12,15-16H,2,7-10H2,1H3. The predicted molar refractivity (Wildman–Crippen MR) is 67.6 cm³/mol. The van der Waals surface area contributed by atoms with Crippen LogP contribution in [0.1, 0.15) is 55.7 Å². The summed E-state index contributed by atoms with van der Waals surface area (Å²) in [6.07, 6.45) is 5.46. The summed E-state index contributed by atoms with van der Waals surface area (Å²) in [5.74, 6) is 1.72. The molecule has 0 spiro atoms. The highest BCUT2D eigenvalue weighted by atomic mass is 15.0. The fourth-order valence-corrected chi connectivity index (χ4v) is 3.12. The Hall–Kier alpha value is -0.820. The van der Waals surface area contributed by atoms with Gasteiger partial charge in [-0.05, 0) is 48.8 Å². The van der Waals surface area contributed by atoms with Crippen molar-refractivity contribution in [2.45, 2.75) is 44.6 Å². The third-order valence-corrected chi connectivity index (χ3v) is 4.22. The van der Waals surface area contributed by atoms with E-state index in [2.05, 4.69) is 36.5 Å². The molecule has 16 heavy (non-hydrogen) atoms. The Labute approximate surface area is 98.3 Å². The van der Waals surface area contributed by atoms with Crippen LogP contribution in [0.3, 0.4) is 0 Å². The van der Waals surface area contributed by atoms with Gasteiger partial charge in [0.15, 0.2) is 0 Å². The Kier molecular flexibility index (Phi) is 2.72. The molecule has 1 nitrogen and oxygen atoms in total. The largest absolute Gasteiger partial charge is 0.310 e. The minimum Gasteiger partial charge on any atom is -0.310 e. The van der Waals surface area contributed by atoms with Gasteiger partial charge in [0, 0.05) is 6.04 Å². The number of hydrogen-bond donors (Lipinski definition) is 1. The van der Waals surface area contributed by atoms with E-state index in [1.54, 1.807) is 11.1 Å². The molecule has 2 fully saturated rings. The second-order valence-electron chi connectivity index (χ2n) is 5.29. The molecule has 1 aromatic carbocycles. The van der Waals surface area contributed by atoms with Crippen LogP contribution < -0.4 is 5.32 Å². The van der Waals surface area contributed by atoms with Crippen LogP contribution in [0, 0.1) is 5.92 Å². The molecule has 2 unspecified atom stereocenters. The van der Waals surface area contributed by atoms with Crippen LogP contribution in [0.25, 0.3) is 0 Å². The van der Waals surface area contributed by atoms with E-state index in [0.29, 0.717) is 6.04 Å². The molecule has 1 N–H and O–H groups in total. The van der Waals surface area contributed by atoms with E-state index in [4.69, 9.17) is 0 Å². The van der Waals surface area contributed by atoms with E-state index in [1.165, 1.54) is 32.2 Å². The quantitative estimate of drug-likeness (QED) is 0.812. The van der Waals surface area contributed by atoms with Gasteiger partial charge in [-0.15, -0.1) is 0 Å². The zero-order valence-electron chi connectivity index (χ0n) is 10.1. The highest BCUT2D eigenvalue weighted by molar-refractivity contribution is 5.36. The molecule has 1 saturated carbocycles. The van der Waals surface area contributed by atoms with Gasteiger partial charge in [-0.25, -0.2) is 0 Å². The monoisotopic (exact) mass is 215 g/mol. The van der Waals surface area contributed by atoms with E-state index in [0.717, 1.165) is 11.8 Å². The summed E-state index contributed by atoms with van der Waals surface area (Å²) in [7, 11) is 0. The minimum atomic E-state index is 0.627. The Morgan fingerprint density at radius 3 is 2.56 bits per heavy atom. The van der Waals surface area contributed by atoms with Crippen molar-refractivity contribution in [1.82, 2.24) is 5.32 Å². The first-order chi connectivity index (χ1) is 7.90. The fourth-order valence-electron chi connectivity index (χ4n) is 3.12. The number of rotatable bonds is 3. The van der Waals surface area contributed by atoms with Crippen molar-refractivity contribution in [3.05, 3.63) is 35.4 Å². The lowest BCUT2D eigenvalue weighted by Gasteiger charge is -2.21. The molecule has 0 radical (unpaired) electrons. The van der Waals surface area contributed by atoms with Gasteiger partial charge in [-0.3, -0.25) is 0 Å². The highest BCUT2D eigenvalue weighted by Crippen LogP contribution is 2.45. The molecular formula is C15H21N.